The summed E-state index contributed by atoms with van der Waals surface area (Å²) in [6, 6.07) is 7.94. The highest BCUT2D eigenvalue weighted by atomic mass is 32.1. The Hall–Kier alpha value is -2.29. The largest absolute Gasteiger partial charge is 0.379 e. The number of thiazole rings is 1. The Labute approximate surface area is 174 Å². The van der Waals surface area contributed by atoms with Gasteiger partial charge in [0.25, 0.3) is 5.91 Å². The number of aromatic nitrogens is 3. The SMILES string of the molecule is CCn1ccc(C(=O)N(CCCN2CCOCC2)c2nc3c(C)cccc3s2)n1. The Morgan fingerprint density at radius 3 is 2.83 bits per heavy atom. The van der Waals surface area contributed by atoms with E-state index < -0.39 is 0 Å². The van der Waals surface area contributed by atoms with Crippen molar-refractivity contribution in [3.8, 4) is 0 Å². The fourth-order valence-corrected chi connectivity index (χ4v) is 4.61. The molecule has 4 rings (SSSR count). The first-order valence-corrected chi connectivity index (χ1v) is 11.0. The van der Waals surface area contributed by atoms with E-state index in [2.05, 4.69) is 29.1 Å². The summed E-state index contributed by atoms with van der Waals surface area (Å²) >= 11 is 1.57. The van der Waals surface area contributed by atoms with Gasteiger partial charge in [0.1, 0.15) is 0 Å². The number of rotatable bonds is 7. The van der Waals surface area contributed by atoms with Crippen LogP contribution in [0.1, 0.15) is 29.4 Å². The number of anilines is 1. The van der Waals surface area contributed by atoms with Crippen molar-refractivity contribution in [2.45, 2.75) is 26.8 Å². The second kappa shape index (κ2) is 9.02. The molecule has 0 unspecified atom stereocenters. The number of amides is 1. The minimum Gasteiger partial charge on any atom is -0.379 e. The molecule has 0 bridgehead atoms. The van der Waals surface area contributed by atoms with E-state index in [0.717, 1.165) is 66.7 Å². The van der Waals surface area contributed by atoms with Gasteiger partial charge in [-0.2, -0.15) is 5.10 Å². The lowest BCUT2D eigenvalue weighted by Crippen LogP contribution is -2.39. The number of fused-ring (bicyclic) bond motifs is 1. The number of nitrogens with zero attached hydrogens (tertiary/aromatic N) is 5. The highest BCUT2D eigenvalue weighted by Crippen LogP contribution is 2.31. The van der Waals surface area contributed by atoms with Gasteiger partial charge in [0, 0.05) is 38.9 Å². The molecule has 8 heteroatoms. The lowest BCUT2D eigenvalue weighted by Gasteiger charge is -2.27. The van der Waals surface area contributed by atoms with E-state index in [1.165, 1.54) is 0 Å². The summed E-state index contributed by atoms with van der Waals surface area (Å²) in [7, 11) is 0. The summed E-state index contributed by atoms with van der Waals surface area (Å²) in [5.74, 6) is -0.0871. The average Bonchev–Trinajstić information content (AvgIpc) is 3.39. The Bertz CT molecular complexity index is 977. The van der Waals surface area contributed by atoms with Gasteiger partial charge in [0.15, 0.2) is 10.8 Å². The molecule has 0 radical (unpaired) electrons. The van der Waals surface area contributed by atoms with Crippen molar-refractivity contribution in [1.82, 2.24) is 19.7 Å². The van der Waals surface area contributed by atoms with Crippen LogP contribution in [0.25, 0.3) is 10.2 Å². The summed E-state index contributed by atoms with van der Waals surface area (Å²) in [6.45, 7) is 9.85. The summed E-state index contributed by atoms with van der Waals surface area (Å²) in [4.78, 5) is 22.3. The Kier molecular flexibility index (Phi) is 6.22. The maximum absolute atomic E-state index is 13.3. The maximum atomic E-state index is 13.3. The van der Waals surface area contributed by atoms with Crippen LogP contribution in [-0.4, -0.2) is 65.0 Å². The van der Waals surface area contributed by atoms with Crippen LogP contribution in [-0.2, 0) is 11.3 Å². The number of para-hydroxylation sites is 1. The van der Waals surface area contributed by atoms with Gasteiger partial charge >= 0.3 is 0 Å². The van der Waals surface area contributed by atoms with Crippen LogP contribution in [0, 0.1) is 6.92 Å². The molecule has 0 saturated carbocycles. The number of ether oxygens (including phenoxy) is 1. The molecule has 0 N–H and O–H groups in total. The summed E-state index contributed by atoms with van der Waals surface area (Å²) in [6.07, 6.45) is 2.73. The highest BCUT2D eigenvalue weighted by Gasteiger charge is 2.24. The van der Waals surface area contributed by atoms with Crippen molar-refractivity contribution < 1.29 is 9.53 Å². The molecule has 1 amide bonds. The number of hydrogen-bond acceptors (Lipinski definition) is 6. The van der Waals surface area contributed by atoms with Crippen LogP contribution in [0.3, 0.4) is 0 Å². The van der Waals surface area contributed by atoms with E-state index in [1.54, 1.807) is 27.0 Å². The minimum atomic E-state index is -0.0871. The molecule has 1 fully saturated rings. The van der Waals surface area contributed by atoms with E-state index in [4.69, 9.17) is 9.72 Å². The third-order valence-corrected chi connectivity index (χ3v) is 6.27. The van der Waals surface area contributed by atoms with Crippen molar-refractivity contribution in [2.75, 3.05) is 44.3 Å². The third kappa shape index (κ3) is 4.49. The van der Waals surface area contributed by atoms with Crippen molar-refractivity contribution in [1.29, 1.82) is 0 Å². The van der Waals surface area contributed by atoms with Crippen molar-refractivity contribution in [2.24, 2.45) is 0 Å². The van der Waals surface area contributed by atoms with Crippen molar-refractivity contribution >= 4 is 32.6 Å². The Morgan fingerprint density at radius 1 is 1.28 bits per heavy atom. The number of carbonyl (C=O) groups excluding carboxylic acids is 1. The van der Waals surface area contributed by atoms with Crippen LogP contribution >= 0.6 is 11.3 Å². The Balaban J connectivity index is 1.56. The molecule has 154 valence electrons. The van der Waals surface area contributed by atoms with E-state index >= 15 is 0 Å². The number of benzene rings is 1. The van der Waals surface area contributed by atoms with Gasteiger partial charge in [-0.05, 0) is 38.0 Å². The standard InChI is InChI=1S/C21H27N5O2S/c1-3-25-11-8-17(23-25)20(27)26(10-5-9-24-12-14-28-15-13-24)21-22-19-16(2)6-4-7-18(19)29-21/h4,6-8,11H,3,5,9-10,12-15H2,1-2H3. The zero-order valence-corrected chi connectivity index (χ0v) is 17.8. The summed E-state index contributed by atoms with van der Waals surface area (Å²) < 4.78 is 8.31. The second-order valence-corrected chi connectivity index (χ2v) is 8.25. The van der Waals surface area contributed by atoms with E-state index in [9.17, 15) is 4.79 Å². The predicted molar refractivity (Wildman–Crippen MR) is 116 cm³/mol. The molecular weight excluding hydrogens is 386 g/mol. The molecule has 3 heterocycles. The topological polar surface area (TPSA) is 63.5 Å². The van der Waals surface area contributed by atoms with Gasteiger partial charge in [-0.15, -0.1) is 0 Å². The van der Waals surface area contributed by atoms with E-state index in [0.29, 0.717) is 12.2 Å². The van der Waals surface area contributed by atoms with Gasteiger partial charge in [0.05, 0.1) is 23.4 Å². The summed E-state index contributed by atoms with van der Waals surface area (Å²) in [5.41, 5.74) is 2.56. The third-order valence-electron chi connectivity index (χ3n) is 5.23. The maximum Gasteiger partial charge on any atom is 0.280 e. The minimum absolute atomic E-state index is 0.0871. The van der Waals surface area contributed by atoms with Gasteiger partial charge in [-0.25, -0.2) is 4.98 Å². The first-order chi connectivity index (χ1) is 14.2. The second-order valence-electron chi connectivity index (χ2n) is 7.24. The fourth-order valence-electron chi connectivity index (χ4n) is 3.54. The van der Waals surface area contributed by atoms with Crippen LogP contribution in [0.4, 0.5) is 5.13 Å². The predicted octanol–water partition coefficient (Wildman–Crippen LogP) is 3.19. The molecule has 0 aliphatic carbocycles. The quantitative estimate of drug-likeness (QED) is 0.595. The smallest absolute Gasteiger partial charge is 0.280 e. The zero-order valence-electron chi connectivity index (χ0n) is 17.0. The first-order valence-electron chi connectivity index (χ1n) is 10.2. The number of carbonyl (C=O) groups is 1. The number of hydrogen-bond donors (Lipinski definition) is 0. The number of aryl methyl sites for hydroxylation is 2. The molecule has 29 heavy (non-hydrogen) atoms. The zero-order chi connectivity index (χ0) is 20.2. The Morgan fingerprint density at radius 2 is 2.10 bits per heavy atom. The van der Waals surface area contributed by atoms with Crippen molar-refractivity contribution in [3.05, 3.63) is 41.7 Å². The molecule has 7 nitrogen and oxygen atoms in total. The lowest BCUT2D eigenvalue weighted by atomic mass is 10.2. The van der Waals surface area contributed by atoms with Gasteiger partial charge < -0.3 is 4.74 Å². The molecule has 3 aromatic rings. The molecule has 0 atom stereocenters. The molecule has 0 spiro atoms. The molecule has 2 aromatic heterocycles. The van der Waals surface area contributed by atoms with E-state index in [-0.39, 0.29) is 5.91 Å². The van der Waals surface area contributed by atoms with Crippen LogP contribution in [0.2, 0.25) is 0 Å². The van der Waals surface area contributed by atoms with E-state index in [1.807, 2.05) is 19.2 Å². The molecular formula is C21H27N5O2S. The fraction of sp³-hybridized carbons (Fsp3) is 0.476. The van der Waals surface area contributed by atoms with Gasteiger partial charge in [-0.1, -0.05) is 23.5 Å². The van der Waals surface area contributed by atoms with Crippen LogP contribution in [0.5, 0.6) is 0 Å². The number of morpholine rings is 1. The monoisotopic (exact) mass is 413 g/mol. The van der Waals surface area contributed by atoms with Gasteiger partial charge in [0.2, 0.25) is 0 Å². The summed E-state index contributed by atoms with van der Waals surface area (Å²) in [5, 5.41) is 5.16. The molecule has 1 aliphatic rings. The highest BCUT2D eigenvalue weighted by molar-refractivity contribution is 7.22. The molecule has 1 saturated heterocycles. The van der Waals surface area contributed by atoms with Gasteiger partial charge in [-0.3, -0.25) is 19.3 Å². The molecule has 1 aromatic carbocycles. The normalized spacial score (nSPS) is 15.1. The molecule has 1 aliphatic heterocycles. The average molecular weight is 414 g/mol. The van der Waals surface area contributed by atoms with Crippen molar-refractivity contribution in [3.63, 3.8) is 0 Å². The van der Waals surface area contributed by atoms with Crippen LogP contribution in [0.15, 0.2) is 30.5 Å². The lowest BCUT2D eigenvalue weighted by molar-refractivity contribution is 0.0376. The first kappa shape index (κ1) is 20.0. The van der Waals surface area contributed by atoms with Crippen LogP contribution < -0.4 is 4.90 Å².